The fraction of sp³-hybridized carbons (Fsp3) is 0.429. The number of thiazole rings is 1. The van der Waals surface area contributed by atoms with Crippen molar-refractivity contribution in [3.05, 3.63) is 51.4 Å². The number of fused-ring (bicyclic) bond motifs is 3. The number of hydrogen-bond donors (Lipinski definition) is 2. The van der Waals surface area contributed by atoms with Gasteiger partial charge in [0.25, 0.3) is 0 Å². The van der Waals surface area contributed by atoms with Gasteiger partial charge in [-0.3, -0.25) is 19.5 Å². The second kappa shape index (κ2) is 8.74. The predicted molar refractivity (Wildman–Crippen MR) is 130 cm³/mol. The highest BCUT2D eigenvalue weighted by atomic mass is 32.1. The number of hydrazine groups is 1. The number of nitrogens with one attached hydrogen (secondary N) is 1. The largest absolute Gasteiger partial charge is 0.463 e. The van der Waals surface area contributed by atoms with Gasteiger partial charge < -0.3 is 9.32 Å². The topological polar surface area (TPSA) is 129 Å². The van der Waals surface area contributed by atoms with Gasteiger partial charge in [0.2, 0.25) is 5.78 Å². The Labute approximate surface area is 211 Å². The van der Waals surface area contributed by atoms with Crippen molar-refractivity contribution in [1.29, 1.82) is 0 Å². The molecule has 2 aliphatic rings. The number of furan rings is 1. The monoisotopic (exact) mass is 536 g/mol. The molecule has 4 aromatic rings. The maximum atomic E-state index is 12.9. The zero-order valence-electron chi connectivity index (χ0n) is 19.6. The van der Waals surface area contributed by atoms with Crippen LogP contribution in [0.15, 0.2) is 38.0 Å². The van der Waals surface area contributed by atoms with Crippen molar-refractivity contribution in [3.8, 4) is 0 Å². The van der Waals surface area contributed by atoms with Gasteiger partial charge >= 0.3 is 11.9 Å². The Kier molecular flexibility index (Phi) is 5.61. The molecule has 0 radical (unpaired) electrons. The van der Waals surface area contributed by atoms with Gasteiger partial charge in [-0.1, -0.05) is 0 Å². The molecule has 3 N–H and O–H groups in total. The van der Waals surface area contributed by atoms with E-state index in [-0.39, 0.29) is 11.9 Å². The molecule has 0 saturated carbocycles. The van der Waals surface area contributed by atoms with Crippen LogP contribution in [0.25, 0.3) is 5.78 Å². The molecule has 1 saturated heterocycles. The molecule has 1 unspecified atom stereocenters. The molecule has 0 bridgehead atoms. The summed E-state index contributed by atoms with van der Waals surface area (Å²) in [7, 11) is 0. The number of aromatic amines is 1. The van der Waals surface area contributed by atoms with Crippen LogP contribution < -0.4 is 21.4 Å². The highest BCUT2D eigenvalue weighted by Crippen LogP contribution is 2.33. The van der Waals surface area contributed by atoms with E-state index in [1.54, 1.807) is 27.5 Å². The van der Waals surface area contributed by atoms with Crippen molar-refractivity contribution in [3.63, 3.8) is 0 Å². The van der Waals surface area contributed by atoms with Crippen LogP contribution in [0.5, 0.6) is 0 Å². The smallest absolute Gasteiger partial charge is 0.434 e. The molecular formula is C21H23F3N10O2S. The number of hydrogen-bond acceptors (Lipinski definition) is 10. The van der Waals surface area contributed by atoms with Crippen LogP contribution >= 0.6 is 11.3 Å². The summed E-state index contributed by atoms with van der Waals surface area (Å²) in [4.78, 5) is 29.9. The van der Waals surface area contributed by atoms with E-state index >= 15 is 0 Å². The standard InChI is InChI=1S/C21H23F3N10O2S/c1-12-26-15(13-3-2-10-36-13)16-17(33(12)25)28-18-32(19(35)29-34(16)18)9-6-30-4-7-31(8-5-30)20-27-14(11-37-20)21(22,23)24/h2-3,10-12H,4-9,25H2,1H3,(H,29,35). The first kappa shape index (κ1) is 23.7. The summed E-state index contributed by atoms with van der Waals surface area (Å²) in [6.45, 7) is 5.11. The maximum absolute atomic E-state index is 12.9. The highest BCUT2D eigenvalue weighted by molar-refractivity contribution is 7.13. The van der Waals surface area contributed by atoms with Gasteiger partial charge in [-0.25, -0.2) is 25.2 Å². The van der Waals surface area contributed by atoms with Crippen LogP contribution in [0.3, 0.4) is 0 Å². The molecule has 0 amide bonds. The second-order valence-electron chi connectivity index (χ2n) is 8.82. The van der Waals surface area contributed by atoms with Gasteiger partial charge in [0.15, 0.2) is 22.4 Å². The average Bonchev–Trinajstić information content (AvgIpc) is 3.65. The third kappa shape index (κ3) is 4.10. The van der Waals surface area contributed by atoms with E-state index in [0.29, 0.717) is 73.2 Å². The number of piperazine rings is 1. The lowest BCUT2D eigenvalue weighted by Gasteiger charge is -2.34. The van der Waals surface area contributed by atoms with Crippen molar-refractivity contribution in [2.24, 2.45) is 10.8 Å². The lowest BCUT2D eigenvalue weighted by atomic mass is 10.1. The number of halogens is 3. The van der Waals surface area contributed by atoms with E-state index < -0.39 is 11.9 Å². The molecule has 196 valence electrons. The number of H-pyrrole nitrogens is 1. The van der Waals surface area contributed by atoms with Gasteiger partial charge in [-0.05, 0) is 19.1 Å². The Bertz CT molecular complexity index is 1510. The molecule has 6 rings (SSSR count). The summed E-state index contributed by atoms with van der Waals surface area (Å²) >= 11 is 0.996. The zero-order chi connectivity index (χ0) is 25.9. The number of anilines is 2. The third-order valence-corrected chi connectivity index (χ3v) is 7.44. The molecule has 4 aromatic heterocycles. The van der Waals surface area contributed by atoms with Crippen molar-refractivity contribution >= 4 is 33.8 Å². The molecule has 12 nitrogen and oxygen atoms in total. The maximum Gasteiger partial charge on any atom is 0.434 e. The first-order chi connectivity index (χ1) is 17.7. The van der Waals surface area contributed by atoms with E-state index in [4.69, 9.17) is 10.3 Å². The second-order valence-corrected chi connectivity index (χ2v) is 9.66. The summed E-state index contributed by atoms with van der Waals surface area (Å²) in [6.07, 6.45) is -3.28. The van der Waals surface area contributed by atoms with Crippen molar-refractivity contribution in [2.45, 2.75) is 25.8 Å². The van der Waals surface area contributed by atoms with E-state index in [2.05, 4.69) is 25.0 Å². The molecule has 1 fully saturated rings. The normalized spacial score (nSPS) is 19.1. The van der Waals surface area contributed by atoms with E-state index in [1.165, 1.54) is 5.01 Å². The minimum atomic E-state index is -4.44. The summed E-state index contributed by atoms with van der Waals surface area (Å²) < 4.78 is 47.3. The first-order valence-corrected chi connectivity index (χ1v) is 12.5. The van der Waals surface area contributed by atoms with Gasteiger partial charge in [0.05, 0.1) is 6.26 Å². The molecule has 0 aromatic carbocycles. The predicted octanol–water partition coefficient (Wildman–Crippen LogP) is 1.59. The van der Waals surface area contributed by atoms with Gasteiger partial charge in [-0.15, -0.1) is 11.3 Å². The lowest BCUT2D eigenvalue weighted by Crippen LogP contribution is -2.47. The number of nitrogens with two attached hydrogens (primary N) is 1. The fourth-order valence-electron chi connectivity index (χ4n) is 4.55. The van der Waals surface area contributed by atoms with E-state index in [9.17, 15) is 18.0 Å². The van der Waals surface area contributed by atoms with Gasteiger partial charge in [-0.2, -0.15) is 18.2 Å². The van der Waals surface area contributed by atoms with E-state index in [1.807, 2.05) is 11.8 Å². The summed E-state index contributed by atoms with van der Waals surface area (Å²) in [5, 5.41) is 5.68. The fourth-order valence-corrected chi connectivity index (χ4v) is 5.44. The van der Waals surface area contributed by atoms with Crippen LogP contribution in [0.2, 0.25) is 0 Å². The van der Waals surface area contributed by atoms with Crippen molar-refractivity contribution in [2.75, 3.05) is 42.6 Å². The van der Waals surface area contributed by atoms with Gasteiger partial charge in [0.1, 0.15) is 17.6 Å². The van der Waals surface area contributed by atoms with Gasteiger partial charge in [0, 0.05) is 44.6 Å². The number of aromatic nitrogens is 5. The molecule has 2 aliphatic heterocycles. The van der Waals surface area contributed by atoms with Crippen LogP contribution in [-0.4, -0.2) is 73.7 Å². The molecule has 0 aliphatic carbocycles. The van der Waals surface area contributed by atoms with Crippen LogP contribution in [0.4, 0.5) is 24.1 Å². The summed E-state index contributed by atoms with van der Waals surface area (Å²) in [5.41, 5.74) is -0.106. The molecule has 6 heterocycles. The van der Waals surface area contributed by atoms with Crippen molar-refractivity contribution < 1.29 is 17.6 Å². The Morgan fingerprint density at radius 3 is 2.68 bits per heavy atom. The number of alkyl halides is 3. The summed E-state index contributed by atoms with van der Waals surface area (Å²) in [5.74, 6) is 7.65. The SMILES string of the molecule is CC1N=C(c2ccco2)c2c(nc3n(CCN4CCN(c5nc(C(F)(F)F)cs5)CC4)c(=O)[nH]n23)N1N. The van der Waals surface area contributed by atoms with Crippen molar-refractivity contribution in [1.82, 2.24) is 29.0 Å². The Balaban J connectivity index is 1.18. The summed E-state index contributed by atoms with van der Waals surface area (Å²) in [6, 6.07) is 3.54. The minimum Gasteiger partial charge on any atom is -0.463 e. The number of nitrogens with zero attached hydrogens (tertiary/aromatic N) is 8. The molecule has 0 spiro atoms. The average molecular weight is 537 g/mol. The Morgan fingerprint density at radius 2 is 2.00 bits per heavy atom. The Morgan fingerprint density at radius 1 is 1.22 bits per heavy atom. The molecule has 16 heteroatoms. The quantitative estimate of drug-likeness (QED) is 0.368. The zero-order valence-corrected chi connectivity index (χ0v) is 20.5. The van der Waals surface area contributed by atoms with Crippen LogP contribution in [0.1, 0.15) is 24.1 Å². The molecular weight excluding hydrogens is 513 g/mol. The number of imidazole rings is 1. The van der Waals surface area contributed by atoms with Crippen LogP contribution in [0, 0.1) is 0 Å². The third-order valence-electron chi connectivity index (χ3n) is 6.54. The first-order valence-electron chi connectivity index (χ1n) is 11.6. The lowest BCUT2D eigenvalue weighted by molar-refractivity contribution is -0.140. The number of rotatable bonds is 5. The van der Waals surface area contributed by atoms with Crippen LogP contribution in [-0.2, 0) is 12.7 Å². The van der Waals surface area contributed by atoms with E-state index in [0.717, 1.165) is 16.7 Å². The highest BCUT2D eigenvalue weighted by Gasteiger charge is 2.35. The number of aliphatic imine (C=N–C) groups is 1. The molecule has 37 heavy (non-hydrogen) atoms. The minimum absolute atomic E-state index is 0.326. The molecule has 1 atom stereocenters. The Hall–Kier alpha value is -3.63.